The second-order valence-electron chi connectivity index (χ2n) is 11.2. The topological polar surface area (TPSA) is 98.1 Å². The van der Waals surface area contributed by atoms with Crippen molar-refractivity contribution in [1.29, 1.82) is 0 Å². The maximum atomic E-state index is 13.7. The van der Waals surface area contributed by atoms with Crippen molar-refractivity contribution in [2.24, 2.45) is 17.8 Å². The molecule has 0 bridgehead atoms. The molecule has 1 fully saturated rings. The van der Waals surface area contributed by atoms with Crippen molar-refractivity contribution in [3.63, 3.8) is 0 Å². The van der Waals surface area contributed by atoms with E-state index in [0.717, 1.165) is 10.0 Å². The maximum Gasteiger partial charge on any atom is 0.416 e. The van der Waals surface area contributed by atoms with Gasteiger partial charge in [0.1, 0.15) is 5.75 Å². The molecular formula is C32H32BrF6NO5. The van der Waals surface area contributed by atoms with Crippen molar-refractivity contribution in [1.82, 2.24) is 0 Å². The van der Waals surface area contributed by atoms with E-state index < -0.39 is 71.4 Å². The zero-order valence-corrected chi connectivity index (χ0v) is 25.9. The molecule has 0 unspecified atom stereocenters. The third-order valence-electron chi connectivity index (χ3n) is 8.54. The first-order valence-corrected chi connectivity index (χ1v) is 15.2. The zero-order valence-electron chi connectivity index (χ0n) is 24.3. The van der Waals surface area contributed by atoms with Gasteiger partial charge in [0.2, 0.25) is 11.8 Å². The minimum Gasteiger partial charge on any atom is -0.507 e. The van der Waals surface area contributed by atoms with Crippen LogP contribution in [0.4, 0.5) is 32.0 Å². The summed E-state index contributed by atoms with van der Waals surface area (Å²) >= 11 is 3.36. The van der Waals surface area contributed by atoms with Crippen LogP contribution in [-0.4, -0.2) is 39.8 Å². The number of carbonyl (C=O) groups excluding carboxylic acids is 2. The van der Waals surface area contributed by atoms with Gasteiger partial charge in [-0.2, -0.15) is 26.3 Å². The third kappa shape index (κ3) is 7.15. The lowest BCUT2D eigenvalue weighted by molar-refractivity contribution is -0.143. The fourth-order valence-corrected chi connectivity index (χ4v) is 6.69. The standard InChI is InChI=1S/C32H32BrF6NO5/c1-3-16(9-18-10-21(33)6-8-25(18)42)5-7-26(43)27-17(4-2)11-23-28(24(27)15-41)30(45)40(29(23)44)22-13-19(31(34,35)36)12-20(14-22)32(37,38)39/h6,8-10,12-14,23-24,26,28,41-43H,3-5,7,11,15H2,1-2H3/b16-9+/t23-,24+,26-,28-/m1/s1. The Balaban J connectivity index is 1.66. The summed E-state index contributed by atoms with van der Waals surface area (Å²) in [5, 5.41) is 32.0. The van der Waals surface area contributed by atoms with Crippen molar-refractivity contribution >= 4 is 39.5 Å². The van der Waals surface area contributed by atoms with Crippen LogP contribution in [0.2, 0.25) is 0 Å². The summed E-state index contributed by atoms with van der Waals surface area (Å²) in [4.78, 5) is 27.5. The van der Waals surface area contributed by atoms with Crippen molar-refractivity contribution in [2.75, 3.05) is 11.5 Å². The van der Waals surface area contributed by atoms with Crippen LogP contribution >= 0.6 is 15.9 Å². The Morgan fingerprint density at radius 3 is 2.18 bits per heavy atom. The lowest BCUT2D eigenvalue weighted by atomic mass is 9.67. The first-order valence-electron chi connectivity index (χ1n) is 14.4. The van der Waals surface area contributed by atoms with E-state index >= 15 is 0 Å². The number of hydrogen-bond donors (Lipinski definition) is 3. The molecule has 0 aromatic heterocycles. The van der Waals surface area contributed by atoms with Crippen LogP contribution in [0.5, 0.6) is 5.75 Å². The number of allylic oxidation sites excluding steroid dienone is 2. The molecule has 0 radical (unpaired) electrons. The number of aliphatic hydroxyl groups is 2. The SMILES string of the molecule is CCC1=C([C@H](O)CC/C(=C/c2cc(Br)ccc2O)CC)[C@H](CO)[C@@H]2C(=O)N(c3cc(C(F)(F)F)cc(C(F)(F)F)c3)C(=O)[C@@H]2C1. The van der Waals surface area contributed by atoms with Crippen LogP contribution in [-0.2, 0) is 21.9 Å². The van der Waals surface area contributed by atoms with Gasteiger partial charge >= 0.3 is 12.4 Å². The number of aliphatic hydroxyl groups excluding tert-OH is 2. The van der Waals surface area contributed by atoms with Crippen LogP contribution < -0.4 is 4.90 Å². The highest BCUT2D eigenvalue weighted by Crippen LogP contribution is 2.49. The number of benzene rings is 2. The third-order valence-corrected chi connectivity index (χ3v) is 9.03. The van der Waals surface area contributed by atoms with E-state index in [4.69, 9.17) is 0 Å². The van der Waals surface area contributed by atoms with Crippen LogP contribution in [0.3, 0.4) is 0 Å². The monoisotopic (exact) mass is 703 g/mol. The predicted molar refractivity (Wildman–Crippen MR) is 158 cm³/mol. The second-order valence-corrected chi connectivity index (χ2v) is 12.1. The molecule has 1 saturated heterocycles. The molecule has 2 aromatic rings. The lowest BCUT2D eigenvalue weighted by Crippen LogP contribution is -2.39. The highest BCUT2D eigenvalue weighted by molar-refractivity contribution is 9.10. The van der Waals surface area contributed by atoms with E-state index in [9.17, 15) is 51.3 Å². The summed E-state index contributed by atoms with van der Waals surface area (Å²) in [7, 11) is 0. The Hall–Kier alpha value is -3.16. The van der Waals surface area contributed by atoms with Gasteiger partial charge in [-0.25, -0.2) is 4.90 Å². The van der Waals surface area contributed by atoms with Crippen molar-refractivity contribution in [2.45, 2.75) is 64.4 Å². The van der Waals surface area contributed by atoms with Crippen LogP contribution in [0.15, 0.2) is 57.6 Å². The summed E-state index contributed by atoms with van der Waals surface area (Å²) in [6.45, 7) is 2.98. The van der Waals surface area contributed by atoms with E-state index in [2.05, 4.69) is 15.9 Å². The number of amides is 2. The number of carbonyl (C=O) groups is 2. The average Bonchev–Trinajstić information content (AvgIpc) is 3.23. The molecule has 4 rings (SSSR count). The number of phenols is 1. The van der Waals surface area contributed by atoms with E-state index in [1.807, 2.05) is 6.92 Å². The molecule has 1 aliphatic heterocycles. The number of aromatic hydroxyl groups is 1. The molecule has 2 aliphatic rings. The Morgan fingerprint density at radius 1 is 1.02 bits per heavy atom. The number of alkyl halides is 6. The summed E-state index contributed by atoms with van der Waals surface area (Å²) in [6, 6.07) is 5.54. The lowest BCUT2D eigenvalue weighted by Gasteiger charge is -2.36. The molecular weight excluding hydrogens is 672 g/mol. The van der Waals surface area contributed by atoms with E-state index in [1.54, 1.807) is 25.1 Å². The predicted octanol–water partition coefficient (Wildman–Crippen LogP) is 7.65. The molecule has 6 nitrogen and oxygen atoms in total. The molecule has 4 atom stereocenters. The van der Waals surface area contributed by atoms with Gasteiger partial charge in [0.25, 0.3) is 0 Å². The van der Waals surface area contributed by atoms with Gasteiger partial charge in [-0.05, 0) is 74.1 Å². The molecule has 13 heteroatoms. The quantitative estimate of drug-likeness (QED) is 0.142. The van der Waals surface area contributed by atoms with E-state index in [-0.39, 0.29) is 24.7 Å². The van der Waals surface area contributed by atoms with Gasteiger partial charge in [0.05, 0.1) is 41.4 Å². The Kier molecular flexibility index (Phi) is 10.3. The molecule has 2 aromatic carbocycles. The average molecular weight is 705 g/mol. The zero-order chi connectivity index (χ0) is 33.4. The number of hydrogen-bond acceptors (Lipinski definition) is 5. The Bertz CT molecular complexity index is 1500. The summed E-state index contributed by atoms with van der Waals surface area (Å²) in [5.74, 6) is -5.42. The first kappa shape index (κ1) is 34.7. The van der Waals surface area contributed by atoms with Gasteiger partial charge in [-0.15, -0.1) is 0 Å². The van der Waals surface area contributed by atoms with Crippen LogP contribution in [0.25, 0.3) is 6.08 Å². The maximum absolute atomic E-state index is 13.7. The number of nitrogens with zero attached hydrogens (tertiary/aromatic N) is 1. The van der Waals surface area contributed by atoms with Crippen LogP contribution in [0.1, 0.15) is 62.6 Å². The molecule has 3 N–H and O–H groups in total. The minimum atomic E-state index is -5.18. The first-order chi connectivity index (χ1) is 21.0. The van der Waals surface area contributed by atoms with Gasteiger partial charge in [0, 0.05) is 16.0 Å². The molecule has 45 heavy (non-hydrogen) atoms. The highest BCUT2D eigenvalue weighted by Gasteiger charge is 2.55. The fraction of sp³-hybridized carbons (Fsp3) is 0.438. The summed E-state index contributed by atoms with van der Waals surface area (Å²) in [5.41, 5.74) is -1.79. The number of phenolic OH excluding ortho intramolecular Hbond substituents is 1. The Labute approximate surface area is 264 Å². The van der Waals surface area contributed by atoms with Crippen molar-refractivity contribution in [3.8, 4) is 5.75 Å². The van der Waals surface area contributed by atoms with Gasteiger partial charge in [-0.3, -0.25) is 9.59 Å². The van der Waals surface area contributed by atoms with Gasteiger partial charge in [0.15, 0.2) is 0 Å². The van der Waals surface area contributed by atoms with E-state index in [0.29, 0.717) is 53.0 Å². The number of rotatable bonds is 9. The number of imide groups is 1. The second kappa shape index (κ2) is 13.3. The summed E-state index contributed by atoms with van der Waals surface area (Å²) < 4.78 is 82.0. The molecule has 1 aliphatic carbocycles. The molecule has 0 spiro atoms. The number of halogens is 7. The normalized spacial score (nSPS) is 21.9. The number of fused-ring (bicyclic) bond motifs is 1. The number of anilines is 1. The highest BCUT2D eigenvalue weighted by atomic mass is 79.9. The summed E-state index contributed by atoms with van der Waals surface area (Å²) in [6.07, 6.45) is -8.32. The molecule has 0 saturated carbocycles. The minimum absolute atomic E-state index is 0.0430. The van der Waals surface area contributed by atoms with Crippen molar-refractivity contribution < 1.29 is 51.3 Å². The van der Waals surface area contributed by atoms with Crippen molar-refractivity contribution in [3.05, 3.63) is 74.3 Å². The molecule has 1 heterocycles. The smallest absolute Gasteiger partial charge is 0.416 e. The fourth-order valence-electron chi connectivity index (χ4n) is 6.31. The Morgan fingerprint density at radius 2 is 1.64 bits per heavy atom. The van der Waals surface area contributed by atoms with Crippen LogP contribution in [0, 0.1) is 17.8 Å². The van der Waals surface area contributed by atoms with Gasteiger partial charge < -0.3 is 15.3 Å². The largest absolute Gasteiger partial charge is 0.507 e. The molecule has 2 amide bonds. The molecule has 244 valence electrons. The van der Waals surface area contributed by atoms with E-state index in [1.165, 1.54) is 6.07 Å². The van der Waals surface area contributed by atoms with Gasteiger partial charge in [-0.1, -0.05) is 47.0 Å².